The van der Waals surface area contributed by atoms with Crippen molar-refractivity contribution in [3.63, 3.8) is 0 Å². The monoisotopic (exact) mass is 209 g/mol. The van der Waals surface area contributed by atoms with Crippen molar-refractivity contribution >= 4 is 5.97 Å². The lowest BCUT2D eigenvalue weighted by atomic mass is 10.2. The maximum atomic E-state index is 10.8. The fraction of sp³-hybridized carbons (Fsp3) is 0.545. The summed E-state index contributed by atoms with van der Waals surface area (Å²) in [5.41, 5.74) is 0.355. The van der Waals surface area contributed by atoms with Crippen LogP contribution in [0, 0.1) is 0 Å². The molecule has 82 valence electrons. The van der Waals surface area contributed by atoms with E-state index >= 15 is 0 Å². The van der Waals surface area contributed by atoms with Crippen LogP contribution in [0.25, 0.3) is 0 Å². The molecule has 4 nitrogen and oxygen atoms in total. The Morgan fingerprint density at radius 2 is 2.53 bits per heavy atom. The van der Waals surface area contributed by atoms with Crippen LogP contribution in [0.1, 0.15) is 29.8 Å². The normalized spacial score (nSPS) is 20.7. The standard InChI is InChI=1S/C11H15NO3/c13-11(14)10-4-1-6-12(10)7-5-9-3-2-8-15-9/h1,4,6,9H,2-3,5,7-8H2,(H,13,14). The zero-order valence-corrected chi connectivity index (χ0v) is 8.56. The highest BCUT2D eigenvalue weighted by atomic mass is 16.5. The van der Waals surface area contributed by atoms with Crippen LogP contribution in [0.5, 0.6) is 0 Å². The Morgan fingerprint density at radius 3 is 3.20 bits per heavy atom. The lowest BCUT2D eigenvalue weighted by Crippen LogP contribution is -2.13. The number of hydrogen-bond donors (Lipinski definition) is 1. The second-order valence-electron chi connectivity index (χ2n) is 3.82. The van der Waals surface area contributed by atoms with Crippen molar-refractivity contribution in [1.82, 2.24) is 4.57 Å². The number of nitrogens with zero attached hydrogens (tertiary/aromatic N) is 1. The third-order valence-electron chi connectivity index (χ3n) is 2.76. The van der Waals surface area contributed by atoms with Crippen molar-refractivity contribution < 1.29 is 14.6 Å². The van der Waals surface area contributed by atoms with E-state index in [0.717, 1.165) is 32.4 Å². The molecule has 1 aliphatic rings. The van der Waals surface area contributed by atoms with Crippen molar-refractivity contribution in [3.05, 3.63) is 24.0 Å². The molecule has 2 heterocycles. The molecule has 1 aromatic rings. The predicted molar refractivity (Wildman–Crippen MR) is 55.0 cm³/mol. The van der Waals surface area contributed by atoms with E-state index in [1.165, 1.54) is 0 Å². The maximum Gasteiger partial charge on any atom is 0.352 e. The fourth-order valence-electron chi connectivity index (χ4n) is 1.96. The van der Waals surface area contributed by atoms with E-state index in [1.807, 2.05) is 0 Å². The molecule has 0 aliphatic carbocycles. The van der Waals surface area contributed by atoms with Gasteiger partial charge in [0.25, 0.3) is 0 Å². The molecule has 0 bridgehead atoms. The summed E-state index contributed by atoms with van der Waals surface area (Å²) >= 11 is 0. The van der Waals surface area contributed by atoms with Crippen LogP contribution < -0.4 is 0 Å². The topological polar surface area (TPSA) is 51.5 Å². The second kappa shape index (κ2) is 4.49. The zero-order chi connectivity index (χ0) is 10.7. The van der Waals surface area contributed by atoms with Gasteiger partial charge >= 0.3 is 5.97 Å². The number of ether oxygens (including phenoxy) is 1. The molecule has 1 unspecified atom stereocenters. The van der Waals surface area contributed by atoms with Gasteiger partial charge in [0.1, 0.15) is 5.69 Å². The van der Waals surface area contributed by atoms with Crippen LogP contribution in [0.15, 0.2) is 18.3 Å². The summed E-state index contributed by atoms with van der Waals surface area (Å²) in [5.74, 6) is -0.868. The van der Waals surface area contributed by atoms with Crippen molar-refractivity contribution in [3.8, 4) is 0 Å². The van der Waals surface area contributed by atoms with Gasteiger partial charge in [0.15, 0.2) is 0 Å². The molecule has 1 fully saturated rings. The molecule has 0 aromatic carbocycles. The van der Waals surface area contributed by atoms with Gasteiger partial charge in [0.2, 0.25) is 0 Å². The minimum Gasteiger partial charge on any atom is -0.477 e. The molecule has 1 saturated heterocycles. The number of carbonyl (C=O) groups is 1. The van der Waals surface area contributed by atoms with Gasteiger partial charge in [-0.1, -0.05) is 0 Å². The molecule has 0 radical (unpaired) electrons. The molecule has 0 amide bonds. The van der Waals surface area contributed by atoms with Gasteiger partial charge in [-0.15, -0.1) is 0 Å². The predicted octanol–water partition coefficient (Wildman–Crippen LogP) is 1.76. The first-order valence-corrected chi connectivity index (χ1v) is 5.27. The number of aryl methyl sites for hydroxylation is 1. The smallest absolute Gasteiger partial charge is 0.352 e. The van der Waals surface area contributed by atoms with Gasteiger partial charge < -0.3 is 14.4 Å². The molecule has 0 saturated carbocycles. The molecule has 1 aliphatic heterocycles. The molecule has 1 aromatic heterocycles. The average Bonchev–Trinajstić information content (AvgIpc) is 2.86. The van der Waals surface area contributed by atoms with Gasteiger partial charge in [0, 0.05) is 19.3 Å². The largest absolute Gasteiger partial charge is 0.477 e. The minimum atomic E-state index is -0.868. The average molecular weight is 209 g/mol. The lowest BCUT2D eigenvalue weighted by Gasteiger charge is -2.10. The highest BCUT2D eigenvalue weighted by Gasteiger charge is 2.16. The Bertz CT molecular complexity index is 339. The second-order valence-corrected chi connectivity index (χ2v) is 3.82. The van der Waals surface area contributed by atoms with E-state index in [2.05, 4.69) is 0 Å². The zero-order valence-electron chi connectivity index (χ0n) is 8.56. The fourth-order valence-corrected chi connectivity index (χ4v) is 1.96. The summed E-state index contributed by atoms with van der Waals surface area (Å²) in [6.45, 7) is 1.57. The van der Waals surface area contributed by atoms with Gasteiger partial charge in [-0.05, 0) is 31.4 Å². The Balaban J connectivity index is 1.92. The lowest BCUT2D eigenvalue weighted by molar-refractivity contribution is 0.0680. The van der Waals surface area contributed by atoms with Crippen molar-refractivity contribution in [2.24, 2.45) is 0 Å². The van der Waals surface area contributed by atoms with E-state index in [4.69, 9.17) is 9.84 Å². The summed E-state index contributed by atoms with van der Waals surface area (Å²) in [4.78, 5) is 10.8. The van der Waals surface area contributed by atoms with Crippen LogP contribution in [-0.2, 0) is 11.3 Å². The minimum absolute atomic E-state index is 0.314. The van der Waals surface area contributed by atoms with Crippen molar-refractivity contribution in [1.29, 1.82) is 0 Å². The number of hydrogen-bond acceptors (Lipinski definition) is 2. The van der Waals surface area contributed by atoms with E-state index in [-0.39, 0.29) is 0 Å². The third-order valence-corrected chi connectivity index (χ3v) is 2.76. The van der Waals surface area contributed by atoms with Gasteiger partial charge in [-0.3, -0.25) is 0 Å². The molecule has 15 heavy (non-hydrogen) atoms. The van der Waals surface area contributed by atoms with Crippen LogP contribution in [0.4, 0.5) is 0 Å². The highest BCUT2D eigenvalue weighted by molar-refractivity contribution is 5.85. The number of carboxylic acids is 1. The molecular formula is C11H15NO3. The Hall–Kier alpha value is -1.29. The molecule has 2 rings (SSSR count). The quantitative estimate of drug-likeness (QED) is 0.822. The SMILES string of the molecule is O=C(O)c1cccn1CCC1CCCO1. The van der Waals surface area contributed by atoms with E-state index in [1.54, 1.807) is 22.9 Å². The molecule has 1 atom stereocenters. The highest BCUT2D eigenvalue weighted by Crippen LogP contribution is 2.16. The number of aromatic carboxylic acids is 1. The van der Waals surface area contributed by atoms with Crippen LogP contribution >= 0.6 is 0 Å². The Labute approximate surface area is 88.5 Å². The summed E-state index contributed by atoms with van der Waals surface area (Å²) in [7, 11) is 0. The van der Waals surface area contributed by atoms with Gasteiger partial charge in [-0.2, -0.15) is 0 Å². The maximum absolute atomic E-state index is 10.8. The first-order valence-electron chi connectivity index (χ1n) is 5.27. The first kappa shape index (κ1) is 10.2. The Kier molecular flexibility index (Phi) is 3.06. The van der Waals surface area contributed by atoms with Crippen LogP contribution in [-0.4, -0.2) is 28.4 Å². The van der Waals surface area contributed by atoms with Crippen molar-refractivity contribution in [2.75, 3.05) is 6.61 Å². The van der Waals surface area contributed by atoms with Gasteiger partial charge in [0.05, 0.1) is 6.10 Å². The molecule has 0 spiro atoms. The molecule has 1 N–H and O–H groups in total. The van der Waals surface area contributed by atoms with E-state index < -0.39 is 5.97 Å². The van der Waals surface area contributed by atoms with Crippen LogP contribution in [0.3, 0.4) is 0 Å². The summed E-state index contributed by atoms with van der Waals surface area (Å²) in [6, 6.07) is 3.39. The van der Waals surface area contributed by atoms with Crippen LogP contribution in [0.2, 0.25) is 0 Å². The third kappa shape index (κ3) is 2.39. The molecular weight excluding hydrogens is 194 g/mol. The summed E-state index contributed by atoms with van der Waals surface area (Å²) in [6.07, 6.45) is 5.24. The first-order chi connectivity index (χ1) is 7.27. The Morgan fingerprint density at radius 1 is 1.67 bits per heavy atom. The van der Waals surface area contributed by atoms with E-state index in [0.29, 0.717) is 11.8 Å². The summed E-state index contributed by atoms with van der Waals surface area (Å²) < 4.78 is 7.26. The number of rotatable bonds is 4. The number of aromatic nitrogens is 1. The summed E-state index contributed by atoms with van der Waals surface area (Å²) in [5, 5.41) is 8.89. The van der Waals surface area contributed by atoms with Gasteiger partial charge in [-0.25, -0.2) is 4.79 Å². The van der Waals surface area contributed by atoms with E-state index in [9.17, 15) is 4.79 Å². The van der Waals surface area contributed by atoms with Crippen molar-refractivity contribution in [2.45, 2.75) is 31.9 Å². The number of carboxylic acid groups (broad SMARTS) is 1. The molecule has 4 heteroatoms.